The van der Waals surface area contributed by atoms with Crippen LogP contribution in [0.3, 0.4) is 0 Å². The molecule has 4 heteroatoms. The molecule has 1 heterocycles. The molecule has 0 saturated heterocycles. The van der Waals surface area contributed by atoms with E-state index in [1.807, 2.05) is 12.3 Å². The van der Waals surface area contributed by atoms with Crippen molar-refractivity contribution in [2.45, 2.75) is 44.7 Å². The Labute approximate surface area is 123 Å². The number of hydrogen-bond donors (Lipinski definition) is 1. The first-order chi connectivity index (χ1) is 9.61. The Bertz CT molecular complexity index is 590. The van der Waals surface area contributed by atoms with Gasteiger partial charge in [-0.25, -0.2) is 9.37 Å². The highest BCUT2D eigenvalue weighted by molar-refractivity contribution is 7.11. The van der Waals surface area contributed by atoms with Gasteiger partial charge in [-0.1, -0.05) is 12.1 Å². The van der Waals surface area contributed by atoms with Crippen molar-refractivity contribution in [2.75, 3.05) is 0 Å². The summed E-state index contributed by atoms with van der Waals surface area (Å²) < 4.78 is 13.2. The first kappa shape index (κ1) is 13.7. The zero-order chi connectivity index (χ0) is 14.1. The third-order valence-electron chi connectivity index (χ3n) is 3.95. The van der Waals surface area contributed by atoms with Gasteiger partial charge in [0.2, 0.25) is 0 Å². The Morgan fingerprint density at radius 1 is 1.40 bits per heavy atom. The van der Waals surface area contributed by atoms with Gasteiger partial charge < -0.3 is 5.32 Å². The molecule has 2 aromatic rings. The molecule has 3 rings (SSSR count). The van der Waals surface area contributed by atoms with Crippen molar-refractivity contribution < 1.29 is 4.39 Å². The van der Waals surface area contributed by atoms with Crippen LogP contribution in [0.5, 0.6) is 0 Å². The van der Waals surface area contributed by atoms with E-state index in [0.29, 0.717) is 18.0 Å². The largest absolute Gasteiger partial charge is 0.305 e. The van der Waals surface area contributed by atoms with Crippen LogP contribution in [0.2, 0.25) is 0 Å². The van der Waals surface area contributed by atoms with Gasteiger partial charge in [0.1, 0.15) is 10.8 Å². The summed E-state index contributed by atoms with van der Waals surface area (Å²) in [5.74, 6) is 0.360. The lowest BCUT2D eigenvalue weighted by atomic mass is 9.75. The highest BCUT2D eigenvalue weighted by atomic mass is 32.1. The van der Waals surface area contributed by atoms with E-state index in [-0.39, 0.29) is 5.82 Å². The van der Waals surface area contributed by atoms with Crippen LogP contribution < -0.4 is 5.32 Å². The SMILES string of the molecule is Cc1cnc(C(C)NC2CC(c3cccc(F)c3)C2)s1. The Balaban J connectivity index is 1.53. The number of rotatable bonds is 4. The summed E-state index contributed by atoms with van der Waals surface area (Å²) >= 11 is 1.75. The van der Waals surface area contributed by atoms with Crippen molar-refractivity contribution >= 4 is 11.3 Å². The van der Waals surface area contributed by atoms with E-state index in [1.54, 1.807) is 23.5 Å². The van der Waals surface area contributed by atoms with Gasteiger partial charge >= 0.3 is 0 Å². The van der Waals surface area contributed by atoms with Crippen molar-refractivity contribution in [3.8, 4) is 0 Å². The lowest BCUT2D eigenvalue weighted by Crippen LogP contribution is -2.41. The van der Waals surface area contributed by atoms with Crippen LogP contribution >= 0.6 is 11.3 Å². The molecule has 1 unspecified atom stereocenters. The van der Waals surface area contributed by atoms with Crippen molar-refractivity contribution in [1.29, 1.82) is 0 Å². The first-order valence-electron chi connectivity index (χ1n) is 7.05. The molecular formula is C16H19FN2S. The fourth-order valence-electron chi connectivity index (χ4n) is 2.78. The van der Waals surface area contributed by atoms with Gasteiger partial charge in [0, 0.05) is 17.1 Å². The molecular weight excluding hydrogens is 271 g/mol. The molecule has 1 fully saturated rings. The molecule has 1 aromatic carbocycles. The van der Waals surface area contributed by atoms with E-state index >= 15 is 0 Å². The second-order valence-corrected chi connectivity index (χ2v) is 6.88. The molecule has 0 radical (unpaired) electrons. The number of aromatic nitrogens is 1. The van der Waals surface area contributed by atoms with E-state index < -0.39 is 0 Å². The van der Waals surface area contributed by atoms with Gasteiger partial charge in [-0.15, -0.1) is 11.3 Å². The van der Waals surface area contributed by atoms with Crippen molar-refractivity contribution in [1.82, 2.24) is 10.3 Å². The molecule has 0 spiro atoms. The Kier molecular flexibility index (Phi) is 3.85. The first-order valence-corrected chi connectivity index (χ1v) is 7.87. The van der Waals surface area contributed by atoms with Crippen LogP contribution in [0.15, 0.2) is 30.5 Å². The molecule has 1 N–H and O–H groups in total. The molecule has 0 amide bonds. The van der Waals surface area contributed by atoms with E-state index in [2.05, 4.69) is 24.1 Å². The molecule has 2 nitrogen and oxygen atoms in total. The monoisotopic (exact) mass is 290 g/mol. The maximum Gasteiger partial charge on any atom is 0.123 e. The average Bonchev–Trinajstić information content (AvgIpc) is 2.80. The maximum atomic E-state index is 13.2. The summed E-state index contributed by atoms with van der Waals surface area (Å²) in [6.45, 7) is 4.24. The van der Waals surface area contributed by atoms with Crippen LogP contribution in [0.25, 0.3) is 0 Å². The fourth-order valence-corrected chi connectivity index (χ4v) is 3.57. The molecule has 1 aliphatic rings. The topological polar surface area (TPSA) is 24.9 Å². The van der Waals surface area contributed by atoms with Gasteiger partial charge in [0.15, 0.2) is 0 Å². The Morgan fingerprint density at radius 2 is 2.20 bits per heavy atom. The lowest BCUT2D eigenvalue weighted by molar-refractivity contribution is 0.270. The summed E-state index contributed by atoms with van der Waals surface area (Å²) in [6, 6.07) is 7.80. The smallest absolute Gasteiger partial charge is 0.123 e. The third-order valence-corrected chi connectivity index (χ3v) is 5.05. The molecule has 1 saturated carbocycles. The summed E-state index contributed by atoms with van der Waals surface area (Å²) in [5.41, 5.74) is 1.13. The highest BCUT2D eigenvalue weighted by Gasteiger charge is 2.31. The Hall–Kier alpha value is -1.26. The van der Waals surface area contributed by atoms with Crippen LogP contribution in [0, 0.1) is 12.7 Å². The van der Waals surface area contributed by atoms with Gasteiger partial charge in [0.05, 0.1) is 6.04 Å². The number of nitrogens with zero attached hydrogens (tertiary/aromatic N) is 1. The van der Waals surface area contributed by atoms with E-state index in [1.165, 1.54) is 10.9 Å². The molecule has 106 valence electrons. The van der Waals surface area contributed by atoms with Crippen molar-refractivity contribution in [3.63, 3.8) is 0 Å². The summed E-state index contributed by atoms with van der Waals surface area (Å²) in [7, 11) is 0. The molecule has 1 aromatic heterocycles. The predicted octanol–water partition coefficient (Wildman–Crippen LogP) is 4.19. The molecule has 0 bridgehead atoms. The predicted molar refractivity (Wildman–Crippen MR) is 80.6 cm³/mol. The molecule has 0 aliphatic heterocycles. The third kappa shape index (κ3) is 2.91. The van der Waals surface area contributed by atoms with Crippen LogP contribution in [0.4, 0.5) is 4.39 Å². The number of nitrogens with one attached hydrogen (secondary N) is 1. The lowest BCUT2D eigenvalue weighted by Gasteiger charge is -2.37. The summed E-state index contributed by atoms with van der Waals surface area (Å²) in [5, 5.41) is 4.76. The van der Waals surface area contributed by atoms with Gasteiger partial charge in [-0.05, 0) is 50.3 Å². The van der Waals surface area contributed by atoms with Gasteiger partial charge in [-0.3, -0.25) is 0 Å². The normalized spacial score (nSPS) is 23.4. The van der Waals surface area contributed by atoms with Gasteiger partial charge in [-0.2, -0.15) is 0 Å². The number of hydrogen-bond acceptors (Lipinski definition) is 3. The molecule has 1 atom stereocenters. The number of thiazole rings is 1. The minimum absolute atomic E-state index is 0.134. The minimum Gasteiger partial charge on any atom is -0.305 e. The van der Waals surface area contributed by atoms with Crippen LogP contribution in [-0.4, -0.2) is 11.0 Å². The van der Waals surface area contributed by atoms with Gasteiger partial charge in [0.25, 0.3) is 0 Å². The standard InChI is InChI=1S/C16H19FN2S/c1-10-9-18-16(20-10)11(2)19-15-7-13(8-15)12-4-3-5-14(17)6-12/h3-6,9,11,13,15,19H,7-8H2,1-2H3. The fraction of sp³-hybridized carbons (Fsp3) is 0.438. The number of aryl methyl sites for hydroxylation is 1. The second-order valence-electron chi connectivity index (χ2n) is 5.62. The highest BCUT2D eigenvalue weighted by Crippen LogP contribution is 2.38. The minimum atomic E-state index is -0.134. The van der Waals surface area contributed by atoms with E-state index in [9.17, 15) is 4.39 Å². The van der Waals surface area contributed by atoms with E-state index in [0.717, 1.165) is 23.4 Å². The number of benzene rings is 1. The molecule has 20 heavy (non-hydrogen) atoms. The van der Waals surface area contributed by atoms with E-state index in [4.69, 9.17) is 0 Å². The summed E-state index contributed by atoms with van der Waals surface area (Å²) in [6.07, 6.45) is 4.09. The maximum absolute atomic E-state index is 13.2. The summed E-state index contributed by atoms with van der Waals surface area (Å²) in [4.78, 5) is 5.67. The zero-order valence-electron chi connectivity index (χ0n) is 11.8. The van der Waals surface area contributed by atoms with Crippen LogP contribution in [0.1, 0.15) is 47.2 Å². The van der Waals surface area contributed by atoms with Crippen LogP contribution in [-0.2, 0) is 0 Å². The zero-order valence-corrected chi connectivity index (χ0v) is 12.6. The van der Waals surface area contributed by atoms with Crippen molar-refractivity contribution in [2.24, 2.45) is 0 Å². The second kappa shape index (κ2) is 5.62. The number of halogens is 1. The Morgan fingerprint density at radius 3 is 2.85 bits per heavy atom. The van der Waals surface area contributed by atoms with Crippen molar-refractivity contribution in [3.05, 3.63) is 51.7 Å². The molecule has 1 aliphatic carbocycles. The quantitative estimate of drug-likeness (QED) is 0.913. The average molecular weight is 290 g/mol.